The largest absolute Gasteiger partial charge is 0.363 e. The summed E-state index contributed by atoms with van der Waals surface area (Å²) in [5.74, 6) is 0.292. The Hall–Kier alpha value is -4.07. The van der Waals surface area contributed by atoms with Gasteiger partial charge in [-0.25, -0.2) is 9.07 Å². The summed E-state index contributed by atoms with van der Waals surface area (Å²) in [6.07, 6.45) is 0. The lowest BCUT2D eigenvalue weighted by Crippen LogP contribution is -2.28. The fraction of sp³-hybridized carbons (Fsp3) is 0.130. The Bertz CT molecular complexity index is 1370. The van der Waals surface area contributed by atoms with Crippen LogP contribution in [0.25, 0.3) is 28.2 Å². The normalized spacial score (nSPS) is 13.0. The Morgan fingerprint density at radius 2 is 1.74 bits per heavy atom. The minimum Gasteiger partial charge on any atom is -0.363 e. The summed E-state index contributed by atoms with van der Waals surface area (Å²) in [4.78, 5) is 24.5. The van der Waals surface area contributed by atoms with Gasteiger partial charge in [0.25, 0.3) is 5.56 Å². The highest BCUT2D eigenvalue weighted by Gasteiger charge is 2.26. The number of para-hydroxylation sites is 1. The van der Waals surface area contributed by atoms with Gasteiger partial charge in [0.15, 0.2) is 5.78 Å². The van der Waals surface area contributed by atoms with Gasteiger partial charge in [-0.3, -0.25) is 9.59 Å². The highest BCUT2D eigenvalue weighted by Crippen LogP contribution is 2.37. The molecule has 3 heterocycles. The van der Waals surface area contributed by atoms with Crippen LogP contribution in [0, 0.1) is 12.7 Å². The van der Waals surface area contributed by atoms with Gasteiger partial charge in [-0.15, -0.1) is 0 Å². The zero-order valence-electron chi connectivity index (χ0n) is 16.7. The summed E-state index contributed by atoms with van der Waals surface area (Å²) < 4.78 is 16.4. The molecule has 0 fully saturated rings. The molecule has 0 amide bonds. The van der Waals surface area contributed by atoms with E-state index in [4.69, 9.17) is 0 Å². The third kappa shape index (κ3) is 3.31. The topological polar surface area (TPSA) is 81.8 Å². The van der Waals surface area contributed by atoms with Crippen molar-refractivity contribution in [2.75, 3.05) is 11.9 Å². The number of halogens is 1. The van der Waals surface area contributed by atoms with Crippen LogP contribution in [0.2, 0.25) is 0 Å². The second kappa shape index (κ2) is 7.32. The number of carbonyl (C=O) groups excluding carboxylic acids is 1. The van der Waals surface area contributed by atoms with Crippen molar-refractivity contribution in [1.29, 1.82) is 0 Å². The van der Waals surface area contributed by atoms with E-state index in [0.29, 0.717) is 34.0 Å². The summed E-state index contributed by atoms with van der Waals surface area (Å²) in [5, 5.41) is 12.3. The van der Waals surface area contributed by atoms with E-state index in [1.807, 2.05) is 31.2 Å². The molecular weight excluding hydrogens is 397 g/mol. The maximum absolute atomic E-state index is 13.5. The maximum Gasteiger partial charge on any atom is 0.271 e. The number of Topliss-reactive ketones (excluding diaryl/α,β-unsaturated/α-hetero) is 1. The molecule has 0 unspecified atom stereocenters. The Labute approximate surface area is 176 Å². The molecule has 1 aliphatic rings. The van der Waals surface area contributed by atoms with Crippen molar-refractivity contribution in [3.8, 4) is 28.2 Å². The first-order chi connectivity index (χ1) is 15.0. The average Bonchev–Trinajstić information content (AvgIpc) is 3.14. The smallest absolute Gasteiger partial charge is 0.271 e. The highest BCUT2D eigenvalue weighted by atomic mass is 19.1. The van der Waals surface area contributed by atoms with Crippen LogP contribution >= 0.6 is 0 Å². The lowest BCUT2D eigenvalue weighted by molar-refractivity contribution is -0.118. The molecular formula is C23H18FN5O2. The fourth-order valence-electron chi connectivity index (χ4n) is 3.73. The summed E-state index contributed by atoms with van der Waals surface area (Å²) in [5.41, 5.74) is 3.75. The molecule has 0 aliphatic carbocycles. The quantitative estimate of drug-likeness (QED) is 0.556. The van der Waals surface area contributed by atoms with Gasteiger partial charge in [-0.2, -0.15) is 14.9 Å². The predicted octanol–water partition coefficient (Wildman–Crippen LogP) is 3.21. The number of nitrogens with one attached hydrogen (secondary N) is 1. The molecule has 8 heteroatoms. The molecule has 5 rings (SSSR count). The van der Waals surface area contributed by atoms with Crippen molar-refractivity contribution in [3.63, 3.8) is 0 Å². The molecule has 7 nitrogen and oxygen atoms in total. The number of benzene rings is 2. The van der Waals surface area contributed by atoms with E-state index in [1.165, 1.54) is 22.9 Å². The third-order valence-electron chi connectivity index (χ3n) is 5.25. The van der Waals surface area contributed by atoms with Gasteiger partial charge in [0, 0.05) is 11.6 Å². The number of aromatic nitrogens is 4. The number of fused-ring (bicyclic) bond motifs is 1. The standard InChI is InChI=1S/C23H18FN5O2/c1-14-4-2-3-5-19(14)29-20(31)11-10-18(26-29)21-22(15-6-8-16(24)9-7-15)27-28-13-17(30)12-25-23(21)28/h2-11,25H,12-13H2,1H3. The summed E-state index contributed by atoms with van der Waals surface area (Å²) >= 11 is 0. The first-order valence-corrected chi connectivity index (χ1v) is 9.80. The van der Waals surface area contributed by atoms with Crippen LogP contribution in [-0.4, -0.2) is 31.9 Å². The first kappa shape index (κ1) is 18.9. The van der Waals surface area contributed by atoms with Crippen LogP contribution in [-0.2, 0) is 11.3 Å². The van der Waals surface area contributed by atoms with Gasteiger partial charge in [0.1, 0.15) is 23.9 Å². The number of carbonyl (C=O) groups is 1. The lowest BCUT2D eigenvalue weighted by Gasteiger charge is -2.16. The molecule has 4 aromatic rings. The molecule has 2 aromatic carbocycles. The first-order valence-electron chi connectivity index (χ1n) is 9.80. The van der Waals surface area contributed by atoms with Gasteiger partial charge in [0.2, 0.25) is 0 Å². The van der Waals surface area contributed by atoms with Crippen LogP contribution in [0.15, 0.2) is 65.5 Å². The molecule has 0 bridgehead atoms. The van der Waals surface area contributed by atoms with Crippen LogP contribution in [0.5, 0.6) is 0 Å². The van der Waals surface area contributed by atoms with Gasteiger partial charge in [-0.05, 0) is 48.9 Å². The van der Waals surface area contributed by atoms with Gasteiger partial charge >= 0.3 is 0 Å². The molecule has 0 saturated carbocycles. The van der Waals surface area contributed by atoms with Crippen molar-refractivity contribution in [1.82, 2.24) is 19.6 Å². The molecule has 0 radical (unpaired) electrons. The molecule has 154 valence electrons. The van der Waals surface area contributed by atoms with E-state index >= 15 is 0 Å². The summed E-state index contributed by atoms with van der Waals surface area (Å²) in [6.45, 7) is 2.22. The van der Waals surface area contributed by atoms with E-state index in [9.17, 15) is 14.0 Å². The Balaban J connectivity index is 1.74. The van der Waals surface area contributed by atoms with Crippen molar-refractivity contribution < 1.29 is 9.18 Å². The summed E-state index contributed by atoms with van der Waals surface area (Å²) in [7, 11) is 0. The molecule has 1 aliphatic heterocycles. The third-order valence-corrected chi connectivity index (χ3v) is 5.25. The predicted molar refractivity (Wildman–Crippen MR) is 115 cm³/mol. The van der Waals surface area contributed by atoms with Gasteiger partial charge in [0.05, 0.1) is 23.5 Å². The molecule has 0 spiro atoms. The molecule has 2 aromatic heterocycles. The van der Waals surface area contributed by atoms with E-state index in [1.54, 1.807) is 22.9 Å². The maximum atomic E-state index is 13.5. The minimum absolute atomic E-state index is 0.00467. The Kier molecular flexibility index (Phi) is 4.47. The number of rotatable bonds is 3. The monoisotopic (exact) mass is 415 g/mol. The Morgan fingerprint density at radius 1 is 0.968 bits per heavy atom. The van der Waals surface area contributed by atoms with Crippen LogP contribution in [0.3, 0.4) is 0 Å². The van der Waals surface area contributed by atoms with Crippen LogP contribution in [0.4, 0.5) is 10.2 Å². The molecule has 1 N–H and O–H groups in total. The van der Waals surface area contributed by atoms with Gasteiger partial charge < -0.3 is 5.32 Å². The number of aryl methyl sites for hydroxylation is 1. The number of nitrogens with zero attached hydrogens (tertiary/aromatic N) is 4. The number of hydrogen-bond donors (Lipinski definition) is 1. The van der Waals surface area contributed by atoms with Crippen molar-refractivity contribution in [2.24, 2.45) is 0 Å². The average molecular weight is 415 g/mol. The van der Waals surface area contributed by atoms with Gasteiger partial charge in [-0.1, -0.05) is 18.2 Å². The summed E-state index contributed by atoms with van der Waals surface area (Å²) in [6, 6.07) is 16.6. The highest BCUT2D eigenvalue weighted by molar-refractivity contribution is 5.92. The van der Waals surface area contributed by atoms with Crippen molar-refractivity contribution in [3.05, 3.63) is 82.4 Å². The van der Waals surface area contributed by atoms with Crippen LogP contribution < -0.4 is 10.9 Å². The van der Waals surface area contributed by atoms with E-state index in [2.05, 4.69) is 15.5 Å². The number of ketones is 1. The van der Waals surface area contributed by atoms with E-state index < -0.39 is 0 Å². The number of hydrogen-bond acceptors (Lipinski definition) is 5. The second-order valence-corrected chi connectivity index (χ2v) is 7.38. The lowest BCUT2D eigenvalue weighted by atomic mass is 10.0. The van der Waals surface area contributed by atoms with Crippen molar-refractivity contribution >= 4 is 11.6 Å². The van der Waals surface area contributed by atoms with Crippen molar-refractivity contribution in [2.45, 2.75) is 13.5 Å². The zero-order chi connectivity index (χ0) is 21.5. The minimum atomic E-state index is -0.353. The fourth-order valence-corrected chi connectivity index (χ4v) is 3.73. The second-order valence-electron chi connectivity index (χ2n) is 7.38. The SMILES string of the molecule is Cc1ccccc1-n1nc(-c2c(-c3ccc(F)cc3)nn3c2NCC(=O)C3)ccc1=O. The van der Waals surface area contributed by atoms with Crippen LogP contribution in [0.1, 0.15) is 5.56 Å². The Morgan fingerprint density at radius 3 is 2.52 bits per heavy atom. The molecule has 0 atom stereocenters. The van der Waals surface area contributed by atoms with E-state index in [-0.39, 0.29) is 30.2 Å². The van der Waals surface area contributed by atoms with E-state index in [0.717, 1.165) is 5.56 Å². The molecule has 0 saturated heterocycles. The zero-order valence-corrected chi connectivity index (χ0v) is 16.7. The number of anilines is 1. The molecule has 31 heavy (non-hydrogen) atoms.